The van der Waals surface area contributed by atoms with Crippen LogP contribution < -0.4 is 0 Å². The Labute approximate surface area is 77.6 Å². The minimum atomic E-state index is 0.231. The third-order valence-corrected chi connectivity index (χ3v) is 2.52. The highest BCUT2D eigenvalue weighted by Crippen LogP contribution is 2.18. The fourth-order valence-electron chi connectivity index (χ4n) is 1.82. The number of aliphatic hydroxyl groups is 1. The van der Waals surface area contributed by atoms with E-state index < -0.39 is 0 Å². The van der Waals surface area contributed by atoms with Crippen molar-refractivity contribution in [1.82, 2.24) is 15.0 Å². The van der Waals surface area contributed by atoms with Crippen LogP contribution in [0.2, 0.25) is 0 Å². The van der Waals surface area contributed by atoms with Crippen LogP contribution in [0.15, 0.2) is 0 Å². The van der Waals surface area contributed by atoms with Gasteiger partial charge in [0.05, 0.1) is 11.4 Å². The summed E-state index contributed by atoms with van der Waals surface area (Å²) in [5, 5.41) is 16.9. The molecule has 0 aromatic carbocycles. The van der Waals surface area contributed by atoms with Crippen LogP contribution in [0.3, 0.4) is 0 Å². The summed E-state index contributed by atoms with van der Waals surface area (Å²) in [6.07, 6.45) is 5.45. The first-order valence-electron chi connectivity index (χ1n) is 4.94. The molecule has 72 valence electrons. The lowest BCUT2D eigenvalue weighted by atomic mass is 10.0. The maximum Gasteiger partial charge on any atom is 0.0859 e. The Morgan fingerprint density at radius 2 is 2.15 bits per heavy atom. The average Bonchev–Trinajstić information content (AvgIpc) is 2.58. The Kier molecular flexibility index (Phi) is 2.59. The molecule has 1 aromatic rings. The molecule has 1 heterocycles. The quantitative estimate of drug-likeness (QED) is 0.740. The van der Waals surface area contributed by atoms with Gasteiger partial charge in [0.2, 0.25) is 0 Å². The van der Waals surface area contributed by atoms with E-state index in [2.05, 4.69) is 10.3 Å². The summed E-state index contributed by atoms with van der Waals surface area (Å²) in [6.45, 7) is 1.04. The molecule has 2 rings (SSSR count). The largest absolute Gasteiger partial charge is 0.396 e. The number of aromatic nitrogens is 3. The molecule has 0 bridgehead atoms. The number of hydrogen-bond acceptors (Lipinski definition) is 3. The Balaban J connectivity index is 2.12. The molecular weight excluding hydrogens is 166 g/mol. The molecule has 0 saturated heterocycles. The number of fused-ring (bicyclic) bond motifs is 1. The summed E-state index contributed by atoms with van der Waals surface area (Å²) in [6, 6.07) is 0. The summed E-state index contributed by atoms with van der Waals surface area (Å²) < 4.78 is 1.95. The van der Waals surface area contributed by atoms with E-state index in [0.29, 0.717) is 0 Å². The summed E-state index contributed by atoms with van der Waals surface area (Å²) in [5.41, 5.74) is 2.46. The molecule has 0 fully saturated rings. The summed E-state index contributed by atoms with van der Waals surface area (Å²) in [4.78, 5) is 0. The second-order valence-corrected chi connectivity index (χ2v) is 3.49. The normalized spacial score (nSPS) is 15.8. The maximum absolute atomic E-state index is 8.71. The molecule has 4 heteroatoms. The zero-order valence-corrected chi connectivity index (χ0v) is 7.74. The van der Waals surface area contributed by atoms with E-state index >= 15 is 0 Å². The molecule has 0 radical (unpaired) electrons. The number of hydrogen-bond donors (Lipinski definition) is 1. The summed E-state index contributed by atoms with van der Waals surface area (Å²) >= 11 is 0. The molecular formula is C9H15N3O. The SMILES string of the molecule is OCCCn1nnc2c1CCCC2. The van der Waals surface area contributed by atoms with Crippen molar-refractivity contribution in [3.05, 3.63) is 11.4 Å². The van der Waals surface area contributed by atoms with E-state index in [1.165, 1.54) is 24.2 Å². The van der Waals surface area contributed by atoms with Gasteiger partial charge in [-0.25, -0.2) is 4.68 Å². The van der Waals surface area contributed by atoms with E-state index in [4.69, 9.17) is 5.11 Å². The van der Waals surface area contributed by atoms with E-state index in [0.717, 1.165) is 25.8 Å². The van der Waals surface area contributed by atoms with Crippen LogP contribution in [0.5, 0.6) is 0 Å². The highest BCUT2D eigenvalue weighted by Gasteiger charge is 2.15. The second kappa shape index (κ2) is 3.87. The number of aliphatic hydroxyl groups excluding tert-OH is 1. The minimum absolute atomic E-state index is 0.231. The average molecular weight is 181 g/mol. The topological polar surface area (TPSA) is 50.9 Å². The monoisotopic (exact) mass is 181 g/mol. The van der Waals surface area contributed by atoms with Crippen LogP contribution in [0.1, 0.15) is 30.7 Å². The standard InChI is InChI=1S/C9H15N3O/c13-7-3-6-12-9-5-2-1-4-8(9)10-11-12/h13H,1-7H2. The molecule has 1 N–H and O–H groups in total. The van der Waals surface area contributed by atoms with Gasteiger partial charge in [-0.1, -0.05) is 5.21 Å². The smallest absolute Gasteiger partial charge is 0.0859 e. The molecule has 4 nitrogen and oxygen atoms in total. The van der Waals surface area contributed by atoms with Crippen molar-refractivity contribution in [2.75, 3.05) is 6.61 Å². The number of aryl methyl sites for hydroxylation is 2. The van der Waals surface area contributed by atoms with Crippen molar-refractivity contribution >= 4 is 0 Å². The highest BCUT2D eigenvalue weighted by molar-refractivity contribution is 5.13. The third kappa shape index (κ3) is 1.72. The predicted octanol–water partition coefficient (Wildman–Crippen LogP) is 0.539. The van der Waals surface area contributed by atoms with Crippen LogP contribution >= 0.6 is 0 Å². The molecule has 0 saturated carbocycles. The maximum atomic E-state index is 8.71. The van der Waals surface area contributed by atoms with Gasteiger partial charge in [0.15, 0.2) is 0 Å². The lowest BCUT2D eigenvalue weighted by Crippen LogP contribution is -2.10. The van der Waals surface area contributed by atoms with Gasteiger partial charge in [-0.15, -0.1) is 5.10 Å². The highest BCUT2D eigenvalue weighted by atomic mass is 16.3. The van der Waals surface area contributed by atoms with Crippen LogP contribution in [0, 0.1) is 0 Å². The zero-order chi connectivity index (χ0) is 9.10. The number of nitrogens with zero attached hydrogens (tertiary/aromatic N) is 3. The second-order valence-electron chi connectivity index (χ2n) is 3.49. The third-order valence-electron chi connectivity index (χ3n) is 2.52. The Morgan fingerprint density at radius 3 is 3.00 bits per heavy atom. The van der Waals surface area contributed by atoms with E-state index in [-0.39, 0.29) is 6.61 Å². The zero-order valence-electron chi connectivity index (χ0n) is 7.74. The first kappa shape index (κ1) is 8.69. The molecule has 1 aliphatic rings. The lowest BCUT2D eigenvalue weighted by molar-refractivity contribution is 0.275. The van der Waals surface area contributed by atoms with E-state index in [9.17, 15) is 0 Å². The molecule has 1 aliphatic carbocycles. The molecule has 13 heavy (non-hydrogen) atoms. The van der Waals surface area contributed by atoms with Gasteiger partial charge >= 0.3 is 0 Å². The molecule has 0 unspecified atom stereocenters. The van der Waals surface area contributed by atoms with Gasteiger partial charge in [-0.3, -0.25) is 0 Å². The lowest BCUT2D eigenvalue weighted by Gasteiger charge is -2.11. The fraction of sp³-hybridized carbons (Fsp3) is 0.778. The molecule has 0 atom stereocenters. The van der Waals surface area contributed by atoms with Crippen molar-refractivity contribution < 1.29 is 5.11 Å². The van der Waals surface area contributed by atoms with E-state index in [1.807, 2.05) is 4.68 Å². The van der Waals surface area contributed by atoms with Crippen LogP contribution in [0.4, 0.5) is 0 Å². The van der Waals surface area contributed by atoms with Crippen molar-refractivity contribution in [3.63, 3.8) is 0 Å². The van der Waals surface area contributed by atoms with E-state index in [1.54, 1.807) is 0 Å². The Bertz CT molecular complexity index is 282. The Morgan fingerprint density at radius 1 is 1.31 bits per heavy atom. The van der Waals surface area contributed by atoms with Crippen molar-refractivity contribution in [1.29, 1.82) is 0 Å². The summed E-state index contributed by atoms with van der Waals surface area (Å²) in [7, 11) is 0. The summed E-state index contributed by atoms with van der Waals surface area (Å²) in [5.74, 6) is 0. The molecule has 0 spiro atoms. The van der Waals surface area contributed by atoms with Crippen molar-refractivity contribution in [2.24, 2.45) is 0 Å². The van der Waals surface area contributed by atoms with Crippen LogP contribution in [-0.4, -0.2) is 26.7 Å². The molecule has 0 amide bonds. The van der Waals surface area contributed by atoms with Gasteiger partial charge in [0.1, 0.15) is 0 Å². The first-order chi connectivity index (χ1) is 6.42. The fourth-order valence-corrected chi connectivity index (χ4v) is 1.82. The van der Waals surface area contributed by atoms with Gasteiger partial charge in [-0.2, -0.15) is 0 Å². The van der Waals surface area contributed by atoms with Gasteiger partial charge in [0.25, 0.3) is 0 Å². The van der Waals surface area contributed by atoms with Crippen molar-refractivity contribution in [3.8, 4) is 0 Å². The molecule has 1 aromatic heterocycles. The first-order valence-corrected chi connectivity index (χ1v) is 4.94. The molecule has 0 aliphatic heterocycles. The van der Waals surface area contributed by atoms with Crippen LogP contribution in [-0.2, 0) is 19.4 Å². The Hall–Kier alpha value is -0.900. The predicted molar refractivity (Wildman–Crippen MR) is 48.4 cm³/mol. The van der Waals surface area contributed by atoms with Crippen molar-refractivity contribution in [2.45, 2.75) is 38.6 Å². The number of rotatable bonds is 3. The van der Waals surface area contributed by atoms with Gasteiger partial charge in [-0.05, 0) is 32.1 Å². The minimum Gasteiger partial charge on any atom is -0.396 e. The van der Waals surface area contributed by atoms with Gasteiger partial charge in [0, 0.05) is 13.2 Å². The van der Waals surface area contributed by atoms with Crippen LogP contribution in [0.25, 0.3) is 0 Å². The van der Waals surface area contributed by atoms with Gasteiger partial charge < -0.3 is 5.11 Å².